The van der Waals surface area contributed by atoms with Crippen LogP contribution in [0.5, 0.6) is 0 Å². The van der Waals surface area contributed by atoms with E-state index < -0.39 is 4.33 Å². The Morgan fingerprint density at radius 3 is 2.48 bits per heavy atom. The van der Waals surface area contributed by atoms with Crippen molar-refractivity contribution in [1.29, 1.82) is 0 Å². The van der Waals surface area contributed by atoms with Crippen LogP contribution in [-0.4, -0.2) is 4.33 Å². The average molecular weight is 418 g/mol. The van der Waals surface area contributed by atoms with E-state index in [4.69, 9.17) is 41.2 Å². The molecule has 0 radical (unpaired) electrons. The first-order chi connectivity index (χ1) is 12.7. The van der Waals surface area contributed by atoms with Crippen LogP contribution in [0.1, 0.15) is 23.1 Å². The molecule has 0 spiro atoms. The molecule has 0 amide bonds. The maximum absolute atomic E-state index is 6.35. The number of alkyl halides is 2. The number of benzene rings is 2. The van der Waals surface area contributed by atoms with E-state index in [1.807, 2.05) is 43.3 Å². The van der Waals surface area contributed by atoms with Crippen LogP contribution in [-0.2, 0) is 0 Å². The number of terminal acetylenes is 1. The third kappa shape index (κ3) is 4.45. The Morgan fingerprint density at radius 2 is 1.89 bits per heavy atom. The molecule has 0 heterocycles. The molecule has 5 heteroatoms. The summed E-state index contributed by atoms with van der Waals surface area (Å²) in [4.78, 5) is 0. The van der Waals surface area contributed by atoms with Crippen molar-refractivity contribution in [3.8, 4) is 12.3 Å². The summed E-state index contributed by atoms with van der Waals surface area (Å²) in [5.74, 6) is 2.67. The monoisotopic (exact) mass is 416 g/mol. The normalized spacial score (nSPS) is 16.9. The maximum Gasteiger partial charge on any atom is 0.127 e. The lowest BCUT2D eigenvalue weighted by atomic mass is 10.0. The second kappa shape index (κ2) is 7.52. The topological polar surface area (TPSA) is 24.1 Å². The van der Waals surface area contributed by atoms with Gasteiger partial charge in [-0.15, -0.1) is 29.6 Å². The highest BCUT2D eigenvalue weighted by atomic mass is 35.5. The molecule has 3 rings (SSSR count). The zero-order valence-corrected chi connectivity index (χ0v) is 17.1. The predicted molar refractivity (Wildman–Crippen MR) is 119 cm³/mol. The van der Waals surface area contributed by atoms with Crippen LogP contribution in [0.15, 0.2) is 55.3 Å². The molecule has 0 aliphatic heterocycles. The van der Waals surface area contributed by atoms with Crippen LogP contribution in [0.3, 0.4) is 0 Å². The highest BCUT2D eigenvalue weighted by molar-refractivity contribution is 6.51. The Morgan fingerprint density at radius 1 is 1.19 bits per heavy atom. The minimum Gasteiger partial charge on any atom is -0.359 e. The molecule has 27 heavy (non-hydrogen) atoms. The standard InChI is InChI=1S/C22H19Cl3N2/c1-5-16-6-8-18(13(2)10-16)14(3)27-21-11-17(7-9-20(21)23)26-15(4)19-12-22(19,24)25/h1,6-11,19,26-27H,3-4,12H2,2H3. The van der Waals surface area contributed by atoms with Gasteiger partial charge in [-0.05, 0) is 49.2 Å². The first-order valence-electron chi connectivity index (χ1n) is 8.38. The van der Waals surface area contributed by atoms with E-state index in [-0.39, 0.29) is 5.92 Å². The summed E-state index contributed by atoms with van der Waals surface area (Å²) < 4.78 is -0.714. The van der Waals surface area contributed by atoms with Crippen molar-refractivity contribution in [2.45, 2.75) is 17.7 Å². The SMILES string of the molecule is C#Cc1ccc(C(=C)Nc2cc(NC(=C)C3CC3(Cl)Cl)ccc2Cl)c(C)c1. The minimum atomic E-state index is -0.714. The fourth-order valence-corrected chi connectivity index (χ4v) is 3.62. The maximum atomic E-state index is 6.35. The third-order valence-electron chi connectivity index (χ3n) is 4.52. The number of halogens is 3. The van der Waals surface area contributed by atoms with Gasteiger partial charge in [0.2, 0.25) is 0 Å². The van der Waals surface area contributed by atoms with Crippen LogP contribution in [0.2, 0.25) is 5.02 Å². The molecular weight excluding hydrogens is 399 g/mol. The summed E-state index contributed by atoms with van der Waals surface area (Å²) in [7, 11) is 0. The number of allylic oxidation sites excluding steroid dienone is 1. The first-order valence-corrected chi connectivity index (χ1v) is 9.51. The molecule has 2 aromatic rings. The van der Waals surface area contributed by atoms with E-state index in [0.717, 1.165) is 39.5 Å². The minimum absolute atomic E-state index is 0.0419. The molecule has 1 fully saturated rings. The van der Waals surface area contributed by atoms with Crippen molar-refractivity contribution in [1.82, 2.24) is 0 Å². The molecule has 1 unspecified atom stereocenters. The number of rotatable bonds is 6. The molecule has 0 bridgehead atoms. The average Bonchev–Trinajstić information content (AvgIpc) is 3.26. The number of aryl methyl sites for hydroxylation is 1. The molecule has 1 atom stereocenters. The van der Waals surface area contributed by atoms with Crippen molar-refractivity contribution in [3.05, 3.63) is 77.0 Å². The lowest BCUT2D eigenvalue weighted by Gasteiger charge is -2.16. The lowest BCUT2D eigenvalue weighted by molar-refractivity contribution is 1.00. The predicted octanol–water partition coefficient (Wildman–Crippen LogP) is 6.83. The second-order valence-corrected chi connectivity index (χ2v) is 8.59. The molecule has 138 valence electrons. The van der Waals surface area contributed by atoms with Crippen LogP contribution in [0, 0.1) is 25.2 Å². The van der Waals surface area contributed by atoms with Gasteiger partial charge in [0.1, 0.15) is 4.33 Å². The van der Waals surface area contributed by atoms with E-state index in [9.17, 15) is 0 Å². The van der Waals surface area contributed by atoms with E-state index in [1.54, 1.807) is 0 Å². The Labute approximate surface area is 175 Å². The second-order valence-electron chi connectivity index (χ2n) is 6.64. The summed E-state index contributed by atoms with van der Waals surface area (Å²) in [6.45, 7) is 10.2. The van der Waals surface area contributed by atoms with Gasteiger partial charge >= 0.3 is 0 Å². The van der Waals surface area contributed by atoms with Gasteiger partial charge in [-0.2, -0.15) is 0 Å². The van der Waals surface area contributed by atoms with Crippen molar-refractivity contribution in [3.63, 3.8) is 0 Å². The van der Waals surface area contributed by atoms with Crippen LogP contribution in [0.25, 0.3) is 5.70 Å². The summed E-state index contributed by atoms with van der Waals surface area (Å²) >= 11 is 18.6. The van der Waals surface area contributed by atoms with Crippen LogP contribution >= 0.6 is 34.8 Å². The molecule has 2 aromatic carbocycles. The van der Waals surface area contributed by atoms with Gasteiger partial charge < -0.3 is 10.6 Å². The van der Waals surface area contributed by atoms with Crippen LogP contribution < -0.4 is 10.6 Å². The zero-order valence-electron chi connectivity index (χ0n) is 14.9. The fourth-order valence-electron chi connectivity index (χ4n) is 2.88. The summed E-state index contributed by atoms with van der Waals surface area (Å²) in [5.41, 5.74) is 5.94. The van der Waals surface area contributed by atoms with Crippen molar-refractivity contribution in [2.75, 3.05) is 10.6 Å². The van der Waals surface area contributed by atoms with Gasteiger partial charge in [-0.1, -0.05) is 36.7 Å². The zero-order chi connectivity index (χ0) is 19.8. The van der Waals surface area contributed by atoms with Gasteiger partial charge in [0, 0.05) is 34.1 Å². The quantitative estimate of drug-likeness (QED) is 0.397. The molecule has 0 aromatic heterocycles. The van der Waals surface area contributed by atoms with Gasteiger partial charge in [-0.25, -0.2) is 0 Å². The van der Waals surface area contributed by atoms with Gasteiger partial charge in [0.05, 0.1) is 10.7 Å². The molecule has 0 saturated heterocycles. The van der Waals surface area contributed by atoms with E-state index in [0.29, 0.717) is 11.4 Å². The fraction of sp³-hybridized carbons (Fsp3) is 0.182. The van der Waals surface area contributed by atoms with Gasteiger partial charge in [-0.3, -0.25) is 0 Å². The van der Waals surface area contributed by atoms with Crippen molar-refractivity contribution < 1.29 is 0 Å². The van der Waals surface area contributed by atoms with E-state index in [1.165, 1.54) is 0 Å². The van der Waals surface area contributed by atoms with Crippen LogP contribution in [0.4, 0.5) is 11.4 Å². The molecule has 2 N–H and O–H groups in total. The number of hydrogen-bond acceptors (Lipinski definition) is 2. The number of anilines is 2. The molecular formula is C22H19Cl3N2. The largest absolute Gasteiger partial charge is 0.359 e. The van der Waals surface area contributed by atoms with Gasteiger partial charge in [0.25, 0.3) is 0 Å². The third-order valence-corrected chi connectivity index (χ3v) is 5.69. The molecule has 1 aliphatic carbocycles. The smallest absolute Gasteiger partial charge is 0.127 e. The summed E-state index contributed by atoms with van der Waals surface area (Å²) in [5, 5.41) is 7.12. The van der Waals surface area contributed by atoms with E-state index >= 15 is 0 Å². The molecule has 1 saturated carbocycles. The van der Waals surface area contributed by atoms with Crippen molar-refractivity contribution >= 4 is 51.9 Å². The Bertz CT molecular complexity index is 970. The lowest BCUT2D eigenvalue weighted by Crippen LogP contribution is -2.05. The van der Waals surface area contributed by atoms with E-state index in [2.05, 4.69) is 29.7 Å². The Kier molecular flexibility index (Phi) is 5.49. The first kappa shape index (κ1) is 19.7. The number of nitrogens with one attached hydrogen (secondary N) is 2. The summed E-state index contributed by atoms with van der Waals surface area (Å²) in [6.07, 6.45) is 6.15. The Hall–Kier alpha value is -2.05. The van der Waals surface area contributed by atoms with Crippen molar-refractivity contribution in [2.24, 2.45) is 5.92 Å². The molecule has 1 aliphatic rings. The summed E-state index contributed by atoms with van der Waals surface area (Å²) in [6, 6.07) is 11.4. The molecule has 2 nitrogen and oxygen atoms in total. The number of hydrogen-bond donors (Lipinski definition) is 2. The Balaban J connectivity index is 1.76. The highest BCUT2D eigenvalue weighted by Crippen LogP contribution is 2.56. The van der Waals surface area contributed by atoms with Gasteiger partial charge in [0.15, 0.2) is 0 Å². The highest BCUT2D eigenvalue weighted by Gasteiger charge is 2.53.